The van der Waals surface area contributed by atoms with E-state index >= 15 is 0 Å². The van der Waals surface area contributed by atoms with Crippen LogP contribution in [0.5, 0.6) is 0 Å². The normalized spacial score (nSPS) is 11.8. The van der Waals surface area contributed by atoms with Crippen molar-refractivity contribution in [3.63, 3.8) is 0 Å². The van der Waals surface area contributed by atoms with Gasteiger partial charge in [-0.2, -0.15) is 0 Å². The van der Waals surface area contributed by atoms with E-state index in [4.69, 9.17) is 16.7 Å². The summed E-state index contributed by atoms with van der Waals surface area (Å²) in [7, 11) is 0. The molecule has 0 fully saturated rings. The second kappa shape index (κ2) is 6.91. The van der Waals surface area contributed by atoms with Gasteiger partial charge in [-0.25, -0.2) is 0 Å². The smallest absolute Gasteiger partial charge is 0.303 e. The Balaban J connectivity index is 2.56. The first-order chi connectivity index (χ1) is 8.11. The SMILES string of the molecule is O=CNC(CCC(=O)O)Cc1ccc(Cl)cc1. The van der Waals surface area contributed by atoms with E-state index < -0.39 is 5.97 Å². The Hall–Kier alpha value is -1.55. The molecule has 1 rings (SSSR count). The molecule has 0 spiro atoms. The number of amides is 1. The van der Waals surface area contributed by atoms with E-state index in [-0.39, 0.29) is 12.5 Å². The van der Waals surface area contributed by atoms with Crippen LogP contribution in [0.1, 0.15) is 18.4 Å². The zero-order chi connectivity index (χ0) is 12.7. The molecule has 1 atom stereocenters. The first-order valence-electron chi connectivity index (χ1n) is 5.27. The summed E-state index contributed by atoms with van der Waals surface area (Å²) in [6.45, 7) is 0. The van der Waals surface area contributed by atoms with Gasteiger partial charge in [-0.1, -0.05) is 23.7 Å². The number of aliphatic carboxylic acids is 1. The topological polar surface area (TPSA) is 66.4 Å². The minimum atomic E-state index is -0.862. The van der Waals surface area contributed by atoms with Crippen molar-refractivity contribution in [1.82, 2.24) is 5.32 Å². The van der Waals surface area contributed by atoms with E-state index in [1.54, 1.807) is 12.1 Å². The molecule has 0 bridgehead atoms. The van der Waals surface area contributed by atoms with Gasteiger partial charge in [0.15, 0.2) is 0 Å². The third-order valence-electron chi connectivity index (χ3n) is 2.41. The summed E-state index contributed by atoms with van der Waals surface area (Å²) in [5.41, 5.74) is 1.01. The lowest BCUT2D eigenvalue weighted by Gasteiger charge is -2.15. The molecule has 1 unspecified atom stereocenters. The zero-order valence-corrected chi connectivity index (χ0v) is 9.98. The first-order valence-corrected chi connectivity index (χ1v) is 5.65. The van der Waals surface area contributed by atoms with Gasteiger partial charge in [-0.3, -0.25) is 9.59 Å². The Labute approximate surface area is 105 Å². The lowest BCUT2D eigenvalue weighted by molar-refractivity contribution is -0.137. The molecule has 0 aliphatic rings. The summed E-state index contributed by atoms with van der Waals surface area (Å²) in [6, 6.07) is 7.10. The van der Waals surface area contributed by atoms with Crippen LogP contribution in [-0.4, -0.2) is 23.5 Å². The average Bonchev–Trinajstić information content (AvgIpc) is 2.29. The van der Waals surface area contributed by atoms with Crippen LogP contribution in [0.25, 0.3) is 0 Å². The molecule has 0 saturated heterocycles. The van der Waals surface area contributed by atoms with Crippen LogP contribution in [0, 0.1) is 0 Å². The Kier molecular flexibility index (Phi) is 5.49. The molecule has 17 heavy (non-hydrogen) atoms. The molecule has 1 amide bonds. The summed E-state index contributed by atoms with van der Waals surface area (Å²) in [5, 5.41) is 11.9. The van der Waals surface area contributed by atoms with Crippen LogP contribution < -0.4 is 5.32 Å². The van der Waals surface area contributed by atoms with Crippen molar-refractivity contribution < 1.29 is 14.7 Å². The van der Waals surface area contributed by atoms with Crippen molar-refractivity contribution in [3.05, 3.63) is 34.9 Å². The molecular formula is C12H14ClNO3. The van der Waals surface area contributed by atoms with Gasteiger partial charge in [-0.05, 0) is 30.5 Å². The maximum absolute atomic E-state index is 10.5. The number of nitrogens with one attached hydrogen (secondary N) is 1. The molecule has 0 radical (unpaired) electrons. The maximum Gasteiger partial charge on any atom is 0.303 e. The van der Waals surface area contributed by atoms with Gasteiger partial charge in [-0.15, -0.1) is 0 Å². The van der Waals surface area contributed by atoms with E-state index in [1.165, 1.54) is 0 Å². The second-order valence-electron chi connectivity index (χ2n) is 3.74. The van der Waals surface area contributed by atoms with Crippen molar-refractivity contribution in [1.29, 1.82) is 0 Å². The highest BCUT2D eigenvalue weighted by Gasteiger charge is 2.10. The van der Waals surface area contributed by atoms with Gasteiger partial charge in [0.2, 0.25) is 6.41 Å². The summed E-state index contributed by atoms with van der Waals surface area (Å²) in [4.78, 5) is 20.9. The Morgan fingerprint density at radius 1 is 1.41 bits per heavy atom. The standard InChI is InChI=1S/C12H14ClNO3/c13-10-3-1-9(2-4-10)7-11(14-8-15)5-6-12(16)17/h1-4,8,11H,5-7H2,(H,14,15)(H,16,17). The van der Waals surface area contributed by atoms with E-state index in [1.807, 2.05) is 12.1 Å². The Bertz CT molecular complexity index is 378. The monoisotopic (exact) mass is 255 g/mol. The number of hydrogen-bond acceptors (Lipinski definition) is 2. The van der Waals surface area contributed by atoms with Gasteiger partial charge in [0.25, 0.3) is 0 Å². The summed E-state index contributed by atoms with van der Waals surface area (Å²) in [6.07, 6.45) is 1.65. The van der Waals surface area contributed by atoms with Crippen LogP contribution >= 0.6 is 11.6 Å². The van der Waals surface area contributed by atoms with Crippen molar-refractivity contribution in [2.45, 2.75) is 25.3 Å². The zero-order valence-electron chi connectivity index (χ0n) is 9.23. The maximum atomic E-state index is 10.5. The number of hydrogen-bond donors (Lipinski definition) is 2. The van der Waals surface area contributed by atoms with Crippen molar-refractivity contribution in [2.75, 3.05) is 0 Å². The Morgan fingerprint density at radius 2 is 2.06 bits per heavy atom. The predicted octanol–water partition coefficient (Wildman–Crippen LogP) is 1.86. The average molecular weight is 256 g/mol. The van der Waals surface area contributed by atoms with Gasteiger partial charge in [0.1, 0.15) is 0 Å². The quantitative estimate of drug-likeness (QED) is 0.731. The third kappa shape index (κ3) is 5.36. The van der Waals surface area contributed by atoms with E-state index in [2.05, 4.69) is 5.32 Å². The van der Waals surface area contributed by atoms with Crippen molar-refractivity contribution >= 4 is 24.0 Å². The number of carbonyl (C=O) groups excluding carboxylic acids is 1. The van der Waals surface area contributed by atoms with Crippen LogP contribution in [0.3, 0.4) is 0 Å². The highest BCUT2D eigenvalue weighted by atomic mass is 35.5. The first kappa shape index (κ1) is 13.5. The van der Waals surface area contributed by atoms with Crippen molar-refractivity contribution in [2.24, 2.45) is 0 Å². The largest absolute Gasteiger partial charge is 0.481 e. The summed E-state index contributed by atoms with van der Waals surface area (Å²) in [5.74, 6) is -0.862. The van der Waals surface area contributed by atoms with Gasteiger partial charge < -0.3 is 10.4 Å². The second-order valence-corrected chi connectivity index (χ2v) is 4.18. The Morgan fingerprint density at radius 3 is 2.59 bits per heavy atom. The fraction of sp³-hybridized carbons (Fsp3) is 0.333. The van der Waals surface area contributed by atoms with Gasteiger partial charge in [0, 0.05) is 17.5 Å². The number of carbonyl (C=O) groups is 2. The molecule has 1 aromatic rings. The van der Waals surface area contributed by atoms with E-state index in [0.29, 0.717) is 24.3 Å². The van der Waals surface area contributed by atoms with Crippen LogP contribution in [0.4, 0.5) is 0 Å². The molecular weight excluding hydrogens is 242 g/mol. The molecule has 4 nitrogen and oxygen atoms in total. The van der Waals surface area contributed by atoms with Crippen LogP contribution in [-0.2, 0) is 16.0 Å². The fourth-order valence-corrected chi connectivity index (χ4v) is 1.67. The number of halogens is 1. The predicted molar refractivity (Wildman–Crippen MR) is 65.0 cm³/mol. The lowest BCUT2D eigenvalue weighted by atomic mass is 10.0. The molecule has 0 aliphatic carbocycles. The third-order valence-corrected chi connectivity index (χ3v) is 2.66. The summed E-state index contributed by atoms with van der Waals surface area (Å²) < 4.78 is 0. The van der Waals surface area contributed by atoms with E-state index in [0.717, 1.165) is 5.56 Å². The number of carboxylic acid groups (broad SMARTS) is 1. The molecule has 1 aromatic carbocycles. The number of rotatable bonds is 7. The van der Waals surface area contributed by atoms with Crippen LogP contribution in [0.15, 0.2) is 24.3 Å². The minimum absolute atomic E-state index is 0.0408. The highest BCUT2D eigenvalue weighted by molar-refractivity contribution is 6.30. The summed E-state index contributed by atoms with van der Waals surface area (Å²) >= 11 is 5.76. The molecule has 0 saturated carbocycles. The van der Waals surface area contributed by atoms with Gasteiger partial charge in [0.05, 0.1) is 0 Å². The van der Waals surface area contributed by atoms with Gasteiger partial charge >= 0.3 is 5.97 Å². The fourth-order valence-electron chi connectivity index (χ4n) is 1.54. The molecule has 0 aliphatic heterocycles. The molecule has 5 heteroatoms. The number of carboxylic acids is 1. The van der Waals surface area contributed by atoms with Crippen molar-refractivity contribution in [3.8, 4) is 0 Å². The lowest BCUT2D eigenvalue weighted by Crippen LogP contribution is -2.30. The van der Waals surface area contributed by atoms with Crippen LogP contribution in [0.2, 0.25) is 5.02 Å². The highest BCUT2D eigenvalue weighted by Crippen LogP contribution is 2.12. The molecule has 0 heterocycles. The molecule has 92 valence electrons. The molecule has 0 aromatic heterocycles. The number of benzene rings is 1. The minimum Gasteiger partial charge on any atom is -0.481 e. The molecule has 2 N–H and O–H groups in total. The van der Waals surface area contributed by atoms with E-state index in [9.17, 15) is 9.59 Å².